The fraction of sp³-hybridized carbons (Fsp3) is 0.778. The summed E-state index contributed by atoms with van der Waals surface area (Å²) >= 11 is 0. The van der Waals surface area contributed by atoms with Gasteiger partial charge in [0.2, 0.25) is 5.91 Å². The molecule has 2 fully saturated rings. The van der Waals surface area contributed by atoms with Crippen molar-refractivity contribution in [2.24, 2.45) is 11.8 Å². The molecule has 2 rings (SSSR count). The number of nitrogens with zero attached hydrogens (tertiary/aromatic N) is 1. The second-order valence-electron chi connectivity index (χ2n) is 7.93. The van der Waals surface area contributed by atoms with Crippen molar-refractivity contribution in [1.82, 2.24) is 10.2 Å². The van der Waals surface area contributed by atoms with Gasteiger partial charge in [-0.25, -0.2) is 9.59 Å². The number of carbonyl (C=O) groups is 4. The summed E-state index contributed by atoms with van der Waals surface area (Å²) in [5.41, 5.74) is -0.697. The van der Waals surface area contributed by atoms with Crippen LogP contribution in [0.15, 0.2) is 0 Å². The van der Waals surface area contributed by atoms with Crippen molar-refractivity contribution in [2.75, 3.05) is 14.2 Å². The molecule has 0 spiro atoms. The summed E-state index contributed by atoms with van der Waals surface area (Å²) in [7, 11) is 2.47. The predicted molar refractivity (Wildman–Crippen MR) is 93.5 cm³/mol. The Hall–Kier alpha value is -2.32. The van der Waals surface area contributed by atoms with Gasteiger partial charge in [-0.15, -0.1) is 0 Å². The summed E-state index contributed by atoms with van der Waals surface area (Å²) in [6, 6.07) is -1.82. The van der Waals surface area contributed by atoms with Gasteiger partial charge in [0, 0.05) is 12.1 Å². The Morgan fingerprint density at radius 1 is 1.00 bits per heavy atom. The van der Waals surface area contributed by atoms with Crippen LogP contribution in [0, 0.1) is 11.8 Å². The van der Waals surface area contributed by atoms with E-state index in [9.17, 15) is 19.2 Å². The van der Waals surface area contributed by atoms with Crippen molar-refractivity contribution in [3.63, 3.8) is 0 Å². The minimum atomic E-state index is -0.866. The summed E-state index contributed by atoms with van der Waals surface area (Å²) in [5, 5.41) is 2.57. The molecule has 0 aromatic carbocycles. The van der Waals surface area contributed by atoms with Gasteiger partial charge in [0.15, 0.2) is 0 Å². The quantitative estimate of drug-likeness (QED) is 0.565. The minimum absolute atomic E-state index is 0.471. The molecule has 0 aliphatic carbocycles. The fourth-order valence-corrected chi connectivity index (χ4v) is 3.96. The van der Waals surface area contributed by atoms with Crippen LogP contribution >= 0.6 is 0 Å². The third kappa shape index (κ3) is 4.17. The molecule has 1 N–H and O–H groups in total. The maximum atomic E-state index is 12.8. The summed E-state index contributed by atoms with van der Waals surface area (Å²) < 4.78 is 15.0. The van der Waals surface area contributed by atoms with Crippen LogP contribution in [-0.2, 0) is 28.6 Å². The molecule has 0 aromatic heterocycles. The second kappa shape index (κ2) is 7.74. The molecule has 5 atom stereocenters. The smallest absolute Gasteiger partial charge is 0.410 e. The van der Waals surface area contributed by atoms with E-state index in [1.165, 1.54) is 26.0 Å². The zero-order chi connectivity index (χ0) is 20.5. The first-order valence-electron chi connectivity index (χ1n) is 8.99. The number of hydrogen-bond donors (Lipinski definition) is 1. The van der Waals surface area contributed by atoms with Crippen molar-refractivity contribution in [2.45, 2.75) is 64.3 Å². The van der Waals surface area contributed by atoms with Crippen LogP contribution < -0.4 is 5.32 Å². The van der Waals surface area contributed by atoms with Crippen LogP contribution in [0.3, 0.4) is 0 Å². The average molecular weight is 384 g/mol. The zero-order valence-electron chi connectivity index (χ0n) is 16.6. The van der Waals surface area contributed by atoms with E-state index in [0.29, 0.717) is 12.8 Å². The third-order valence-corrected chi connectivity index (χ3v) is 4.98. The maximum Gasteiger partial charge on any atom is 0.410 e. The molecule has 9 heteroatoms. The molecule has 2 saturated heterocycles. The van der Waals surface area contributed by atoms with Crippen LogP contribution in [-0.4, -0.2) is 66.8 Å². The van der Waals surface area contributed by atoms with Crippen LogP contribution in [0.1, 0.15) is 40.5 Å². The number of methoxy groups -OCH3 is 2. The number of amides is 2. The number of esters is 2. The molecule has 0 saturated carbocycles. The molecule has 2 aliphatic heterocycles. The maximum absolute atomic E-state index is 12.8. The van der Waals surface area contributed by atoms with E-state index < -0.39 is 59.5 Å². The summed E-state index contributed by atoms with van der Waals surface area (Å²) in [5.74, 6) is -3.24. The van der Waals surface area contributed by atoms with Crippen molar-refractivity contribution in [1.29, 1.82) is 0 Å². The van der Waals surface area contributed by atoms with Gasteiger partial charge >= 0.3 is 18.0 Å². The van der Waals surface area contributed by atoms with E-state index in [1.807, 2.05) is 0 Å². The molecule has 0 aromatic rings. The molecule has 0 radical (unpaired) electrons. The number of rotatable bonds is 4. The monoisotopic (exact) mass is 384 g/mol. The number of ether oxygens (including phenoxy) is 3. The Morgan fingerprint density at radius 2 is 1.56 bits per heavy atom. The highest BCUT2D eigenvalue weighted by atomic mass is 16.6. The van der Waals surface area contributed by atoms with Gasteiger partial charge in [0.05, 0.1) is 26.1 Å². The molecular weight excluding hydrogens is 356 g/mol. The van der Waals surface area contributed by atoms with E-state index in [0.717, 1.165) is 0 Å². The van der Waals surface area contributed by atoms with E-state index in [1.54, 1.807) is 20.8 Å². The van der Waals surface area contributed by atoms with Crippen LogP contribution in [0.5, 0.6) is 0 Å². The highest BCUT2D eigenvalue weighted by molar-refractivity contribution is 5.91. The van der Waals surface area contributed by atoms with Crippen LogP contribution in [0.25, 0.3) is 0 Å². The van der Waals surface area contributed by atoms with Gasteiger partial charge in [0.25, 0.3) is 0 Å². The van der Waals surface area contributed by atoms with E-state index in [2.05, 4.69) is 10.1 Å². The highest BCUT2D eigenvalue weighted by Gasteiger charge is 2.61. The largest absolute Gasteiger partial charge is 0.469 e. The molecule has 152 valence electrons. The minimum Gasteiger partial charge on any atom is -0.469 e. The topological polar surface area (TPSA) is 111 Å². The molecule has 2 heterocycles. The van der Waals surface area contributed by atoms with Gasteiger partial charge in [-0.05, 0) is 40.5 Å². The normalized spacial score (nSPS) is 27.7. The lowest BCUT2D eigenvalue weighted by atomic mass is 9.78. The van der Waals surface area contributed by atoms with Crippen molar-refractivity contribution in [3.8, 4) is 0 Å². The van der Waals surface area contributed by atoms with Gasteiger partial charge in [-0.1, -0.05) is 0 Å². The van der Waals surface area contributed by atoms with Crippen molar-refractivity contribution >= 4 is 23.9 Å². The summed E-state index contributed by atoms with van der Waals surface area (Å²) in [4.78, 5) is 51.0. The molecule has 2 amide bonds. The first kappa shape index (κ1) is 21.0. The molecule has 2 bridgehead atoms. The molecule has 9 nitrogen and oxygen atoms in total. The number of carbonyl (C=O) groups excluding carboxylic acids is 4. The Kier molecular flexibility index (Phi) is 6.01. The SMILES string of the molecule is COC(=O)[C@H]1[C@@H](C(=O)N[C@H](C)C(=O)OC)[C@@H]2CC[C@@H]1N2C(=O)OC(C)(C)C. The first-order chi connectivity index (χ1) is 12.5. The van der Waals surface area contributed by atoms with Gasteiger partial charge in [0.1, 0.15) is 11.6 Å². The Labute approximate surface area is 158 Å². The number of fused-ring (bicyclic) bond motifs is 2. The number of nitrogens with one attached hydrogen (secondary N) is 1. The molecule has 27 heavy (non-hydrogen) atoms. The molecule has 0 unspecified atom stereocenters. The summed E-state index contributed by atoms with van der Waals surface area (Å²) in [6.45, 7) is 6.75. The molecular formula is C18H28N2O7. The zero-order valence-corrected chi connectivity index (χ0v) is 16.6. The highest BCUT2D eigenvalue weighted by Crippen LogP contribution is 2.47. The van der Waals surface area contributed by atoms with Crippen molar-refractivity contribution < 1.29 is 33.4 Å². The second-order valence-corrected chi connectivity index (χ2v) is 7.93. The van der Waals surface area contributed by atoms with E-state index in [-0.39, 0.29) is 0 Å². The lowest BCUT2D eigenvalue weighted by Crippen LogP contribution is -2.49. The Morgan fingerprint density at radius 3 is 2.04 bits per heavy atom. The van der Waals surface area contributed by atoms with Crippen molar-refractivity contribution in [3.05, 3.63) is 0 Å². The van der Waals surface area contributed by atoms with E-state index in [4.69, 9.17) is 9.47 Å². The van der Waals surface area contributed by atoms with Gasteiger partial charge < -0.3 is 24.4 Å². The lowest BCUT2D eigenvalue weighted by molar-refractivity contribution is -0.151. The van der Waals surface area contributed by atoms with Gasteiger partial charge in [-0.3, -0.25) is 9.59 Å². The Bertz CT molecular complexity index is 628. The van der Waals surface area contributed by atoms with Crippen LogP contribution in [0.4, 0.5) is 4.79 Å². The predicted octanol–water partition coefficient (Wildman–Crippen LogP) is 0.851. The Balaban J connectivity index is 2.27. The lowest BCUT2D eigenvalue weighted by Gasteiger charge is -2.28. The fourth-order valence-electron chi connectivity index (χ4n) is 3.96. The van der Waals surface area contributed by atoms with E-state index >= 15 is 0 Å². The number of hydrogen-bond acceptors (Lipinski definition) is 7. The first-order valence-corrected chi connectivity index (χ1v) is 8.99. The average Bonchev–Trinajstić information content (AvgIpc) is 3.14. The van der Waals surface area contributed by atoms with Gasteiger partial charge in [-0.2, -0.15) is 0 Å². The van der Waals surface area contributed by atoms with Crippen LogP contribution in [0.2, 0.25) is 0 Å². The standard InChI is InChI=1S/C18H28N2O7/c1-9(15(22)25-5)19-14(21)12-10-7-8-11(13(12)16(23)26-6)20(10)17(24)27-18(2,3)4/h9-13H,7-8H2,1-6H3,(H,19,21)/t9-,10+,11+,12+,13-/m1/s1. The molecule has 2 aliphatic rings. The summed E-state index contributed by atoms with van der Waals surface area (Å²) in [6.07, 6.45) is 0.600. The third-order valence-electron chi connectivity index (χ3n) is 4.98.